The Hall–Kier alpha value is -1.01. The summed E-state index contributed by atoms with van der Waals surface area (Å²) in [6.07, 6.45) is 4.29. The van der Waals surface area contributed by atoms with E-state index in [1.165, 1.54) is 5.56 Å². The van der Waals surface area contributed by atoms with Gasteiger partial charge in [-0.2, -0.15) is 5.01 Å². The van der Waals surface area contributed by atoms with Crippen molar-refractivity contribution in [2.75, 3.05) is 6.54 Å². The van der Waals surface area contributed by atoms with Gasteiger partial charge in [-0.3, -0.25) is 0 Å². The largest absolute Gasteiger partial charge is 0.388 e. The quantitative estimate of drug-likeness (QED) is 0.786. The summed E-state index contributed by atoms with van der Waals surface area (Å²) in [6, 6.07) is 7.92. The number of nitrogens with one attached hydrogen (secondary N) is 1. The molecule has 0 amide bonds. The number of benzene rings is 1. The Labute approximate surface area is 153 Å². The summed E-state index contributed by atoms with van der Waals surface area (Å²) in [5.74, 6) is 0.182. The maximum absolute atomic E-state index is 11.7. The lowest BCUT2D eigenvalue weighted by atomic mass is 9.72. The highest BCUT2D eigenvalue weighted by Gasteiger charge is 2.55. The normalized spacial score (nSPS) is 32.0. The van der Waals surface area contributed by atoms with Crippen LogP contribution in [0.2, 0.25) is 5.02 Å². The number of hydrogen-bond acceptors (Lipinski definition) is 5. The first-order valence-electron chi connectivity index (χ1n) is 8.32. The molecule has 0 saturated heterocycles. The van der Waals surface area contributed by atoms with Crippen molar-refractivity contribution in [1.82, 2.24) is 10.4 Å². The van der Waals surface area contributed by atoms with Crippen molar-refractivity contribution in [2.24, 2.45) is 16.3 Å². The molecule has 24 heavy (non-hydrogen) atoms. The summed E-state index contributed by atoms with van der Waals surface area (Å²) in [7, 11) is 0. The molecular weight excluding hydrogens is 342 g/mol. The highest BCUT2D eigenvalue weighted by atomic mass is 35.5. The van der Waals surface area contributed by atoms with E-state index in [0.717, 1.165) is 24.3 Å². The van der Waals surface area contributed by atoms with Crippen LogP contribution >= 0.6 is 23.8 Å². The highest BCUT2D eigenvalue weighted by Crippen LogP contribution is 2.51. The Kier molecular flexibility index (Phi) is 4.98. The fourth-order valence-corrected chi connectivity index (χ4v) is 4.25. The molecule has 1 heterocycles. The number of halogens is 1. The van der Waals surface area contributed by atoms with Crippen molar-refractivity contribution in [3.05, 3.63) is 34.9 Å². The summed E-state index contributed by atoms with van der Waals surface area (Å²) >= 11 is 11.0. The lowest BCUT2D eigenvalue weighted by Gasteiger charge is -2.43. The topological polar surface area (TPSA) is 47.9 Å². The van der Waals surface area contributed by atoms with Gasteiger partial charge in [0.05, 0.1) is 18.5 Å². The first-order valence-corrected chi connectivity index (χ1v) is 9.17. The van der Waals surface area contributed by atoms with Crippen LogP contribution in [0.5, 0.6) is 0 Å². The Balaban J connectivity index is 1.80. The summed E-state index contributed by atoms with van der Waals surface area (Å²) in [6.45, 7) is 4.80. The molecule has 1 fully saturated rings. The molecule has 3 unspecified atom stereocenters. The third-order valence-electron chi connectivity index (χ3n) is 5.66. The molecule has 1 aromatic carbocycles. The monoisotopic (exact) mass is 365 g/mol. The van der Waals surface area contributed by atoms with E-state index in [-0.39, 0.29) is 17.5 Å². The fourth-order valence-electron chi connectivity index (χ4n) is 3.91. The van der Waals surface area contributed by atoms with E-state index in [0.29, 0.717) is 6.54 Å². The maximum Gasteiger partial charge on any atom is 0.149 e. The molecule has 6 heteroatoms. The maximum atomic E-state index is 11.7. The average molecular weight is 366 g/mol. The van der Waals surface area contributed by atoms with E-state index in [2.05, 4.69) is 24.3 Å². The predicted octanol–water partition coefficient (Wildman–Crippen LogP) is 3.22. The number of aliphatic imine (C=N–C) groups is 1. The van der Waals surface area contributed by atoms with Gasteiger partial charge < -0.3 is 10.5 Å². The number of hydrogen-bond donors (Lipinski definition) is 2. The van der Waals surface area contributed by atoms with E-state index >= 15 is 0 Å². The van der Waals surface area contributed by atoms with Crippen molar-refractivity contribution in [2.45, 2.75) is 44.9 Å². The second-order valence-corrected chi connectivity index (χ2v) is 8.17. The summed E-state index contributed by atoms with van der Waals surface area (Å²) in [5, 5.41) is 15.9. The number of β-amino-alcohol motifs (C(OH)–C–C–N with tert-alkyl or cyclic N) is 1. The van der Waals surface area contributed by atoms with E-state index in [1.54, 1.807) is 11.7 Å². The first-order chi connectivity index (χ1) is 11.4. The van der Waals surface area contributed by atoms with Crippen molar-refractivity contribution in [1.29, 1.82) is 0 Å². The molecule has 0 radical (unpaired) electrons. The lowest BCUT2D eigenvalue weighted by molar-refractivity contribution is -0.101. The molecule has 2 aliphatic rings. The molecular formula is C18H24ClN3OS. The van der Waals surface area contributed by atoms with Crippen LogP contribution in [0, 0.1) is 11.3 Å². The van der Waals surface area contributed by atoms with Gasteiger partial charge in [-0.05, 0) is 48.3 Å². The molecule has 1 aromatic rings. The van der Waals surface area contributed by atoms with Crippen molar-refractivity contribution >= 4 is 35.5 Å². The first kappa shape index (κ1) is 17.8. The number of nitrogens with zero attached hydrogens (tertiary/aromatic N) is 2. The highest BCUT2D eigenvalue weighted by molar-refractivity contribution is 7.79. The van der Waals surface area contributed by atoms with Crippen molar-refractivity contribution in [3.63, 3.8) is 0 Å². The fraction of sp³-hybridized carbons (Fsp3) is 0.556. The van der Waals surface area contributed by atoms with Crippen LogP contribution in [0.1, 0.15) is 32.3 Å². The Bertz CT molecular complexity index is 634. The Morgan fingerprint density at radius 3 is 2.79 bits per heavy atom. The number of aliphatic hydroxyl groups is 1. The molecule has 130 valence electrons. The summed E-state index contributed by atoms with van der Waals surface area (Å²) in [5.41, 5.74) is 3.33. The minimum Gasteiger partial charge on any atom is -0.388 e. The van der Waals surface area contributed by atoms with Crippen LogP contribution in [0.25, 0.3) is 0 Å². The van der Waals surface area contributed by atoms with Gasteiger partial charge in [0, 0.05) is 10.4 Å². The zero-order valence-electron chi connectivity index (χ0n) is 14.1. The van der Waals surface area contributed by atoms with Crippen LogP contribution in [0.4, 0.5) is 0 Å². The van der Waals surface area contributed by atoms with Gasteiger partial charge in [-0.1, -0.05) is 49.8 Å². The molecule has 0 aromatic heterocycles. The molecule has 1 saturated carbocycles. The average Bonchev–Trinajstić information content (AvgIpc) is 3.07. The van der Waals surface area contributed by atoms with Gasteiger partial charge in [0.2, 0.25) is 0 Å². The molecule has 2 N–H and O–H groups in total. The third-order valence-corrected chi connectivity index (χ3v) is 6.16. The van der Waals surface area contributed by atoms with Gasteiger partial charge >= 0.3 is 0 Å². The van der Waals surface area contributed by atoms with Gasteiger partial charge in [-0.25, -0.2) is 4.99 Å². The van der Waals surface area contributed by atoms with Crippen LogP contribution in [-0.4, -0.2) is 40.1 Å². The second kappa shape index (κ2) is 6.71. The molecule has 1 aliphatic heterocycles. The predicted molar refractivity (Wildman–Crippen MR) is 102 cm³/mol. The minimum absolute atomic E-state index is 0.166. The lowest BCUT2D eigenvalue weighted by Crippen LogP contribution is -2.57. The van der Waals surface area contributed by atoms with Crippen LogP contribution in [0.15, 0.2) is 29.3 Å². The van der Waals surface area contributed by atoms with Gasteiger partial charge in [0.1, 0.15) is 6.17 Å². The van der Waals surface area contributed by atoms with E-state index in [4.69, 9.17) is 23.8 Å². The SMILES string of the molecule is CC1(C)CCC(Cc2ccc(Cl)cc2)C1(O)CN1NC=NC1C=S. The number of thiocarbonyl (C=S) groups is 1. The molecule has 0 bridgehead atoms. The van der Waals surface area contributed by atoms with Gasteiger partial charge in [0.15, 0.2) is 0 Å². The van der Waals surface area contributed by atoms with Gasteiger partial charge in [-0.15, -0.1) is 0 Å². The minimum atomic E-state index is -0.816. The second-order valence-electron chi connectivity index (χ2n) is 7.46. The molecule has 0 spiro atoms. The van der Waals surface area contributed by atoms with Crippen LogP contribution < -0.4 is 5.43 Å². The van der Waals surface area contributed by atoms with Gasteiger partial charge in [0.25, 0.3) is 0 Å². The zero-order valence-corrected chi connectivity index (χ0v) is 15.6. The van der Waals surface area contributed by atoms with E-state index < -0.39 is 5.60 Å². The van der Waals surface area contributed by atoms with E-state index in [1.807, 2.05) is 29.3 Å². The smallest absolute Gasteiger partial charge is 0.149 e. The summed E-state index contributed by atoms with van der Waals surface area (Å²) < 4.78 is 0. The van der Waals surface area contributed by atoms with Crippen molar-refractivity contribution in [3.8, 4) is 0 Å². The van der Waals surface area contributed by atoms with Crippen LogP contribution in [0.3, 0.4) is 0 Å². The van der Waals surface area contributed by atoms with E-state index in [9.17, 15) is 5.11 Å². The Morgan fingerprint density at radius 2 is 2.12 bits per heavy atom. The molecule has 1 aliphatic carbocycles. The standard InChI is InChI=1S/C18H24ClN3OS/c1-17(2)8-7-14(9-13-3-5-15(19)6-4-13)18(17,23)11-22-16(10-24)20-12-21-22/h3-6,10,12,14,16,23H,7-9,11H2,1-2H3,(H,20,21). The summed E-state index contributed by atoms with van der Waals surface area (Å²) in [4.78, 5) is 4.28. The Morgan fingerprint density at radius 1 is 1.42 bits per heavy atom. The molecule has 3 rings (SSSR count). The van der Waals surface area contributed by atoms with Crippen molar-refractivity contribution < 1.29 is 5.11 Å². The van der Waals surface area contributed by atoms with Crippen LogP contribution in [-0.2, 0) is 6.42 Å². The zero-order chi connectivity index (χ0) is 17.4. The molecule has 4 nitrogen and oxygen atoms in total. The third kappa shape index (κ3) is 3.23. The molecule has 3 atom stereocenters. The number of hydrazine groups is 1. The number of rotatable bonds is 5.